The van der Waals surface area contributed by atoms with Crippen LogP contribution in [0.15, 0.2) is 70.9 Å². The van der Waals surface area contributed by atoms with Crippen LogP contribution >= 0.6 is 11.3 Å². The van der Waals surface area contributed by atoms with Gasteiger partial charge >= 0.3 is 0 Å². The van der Waals surface area contributed by atoms with Crippen molar-refractivity contribution in [2.75, 3.05) is 0 Å². The van der Waals surface area contributed by atoms with Crippen molar-refractivity contribution in [3.05, 3.63) is 87.9 Å². The van der Waals surface area contributed by atoms with Crippen LogP contribution in [0.25, 0.3) is 0 Å². The summed E-state index contributed by atoms with van der Waals surface area (Å²) in [5.74, 6) is -0.762. The number of hydrogen-bond donors (Lipinski definition) is 2. The van der Waals surface area contributed by atoms with Crippen molar-refractivity contribution in [1.82, 2.24) is 10.0 Å². The van der Waals surface area contributed by atoms with Gasteiger partial charge in [-0.3, -0.25) is 4.79 Å². The minimum Gasteiger partial charge on any atom is -0.346 e. The van der Waals surface area contributed by atoms with Gasteiger partial charge in [-0.15, -0.1) is 11.3 Å². The monoisotopic (exact) mass is 418 g/mol. The van der Waals surface area contributed by atoms with Crippen LogP contribution in [0.2, 0.25) is 0 Å². The molecule has 0 fully saturated rings. The lowest BCUT2D eigenvalue weighted by atomic mass is 10.1. The highest BCUT2D eigenvalue weighted by atomic mass is 32.2. The number of amides is 1. The van der Waals surface area contributed by atoms with Crippen LogP contribution < -0.4 is 10.0 Å². The predicted molar refractivity (Wildman–Crippen MR) is 107 cm³/mol. The summed E-state index contributed by atoms with van der Waals surface area (Å²) in [6.45, 7) is 1.96. The molecule has 3 rings (SSSR count). The largest absolute Gasteiger partial charge is 0.346 e. The summed E-state index contributed by atoms with van der Waals surface area (Å²) in [4.78, 5) is 13.4. The Hall–Kier alpha value is -2.55. The lowest BCUT2D eigenvalue weighted by Gasteiger charge is -2.15. The van der Waals surface area contributed by atoms with E-state index < -0.39 is 15.9 Å². The molecule has 0 unspecified atom stereocenters. The molecular formula is C20H19FN2O3S2. The Morgan fingerprint density at radius 1 is 1.11 bits per heavy atom. The van der Waals surface area contributed by atoms with E-state index >= 15 is 0 Å². The van der Waals surface area contributed by atoms with Gasteiger partial charge in [0.15, 0.2) is 0 Å². The molecule has 2 aromatic carbocycles. The first-order valence-electron chi connectivity index (χ1n) is 8.53. The summed E-state index contributed by atoms with van der Waals surface area (Å²) >= 11 is 1.46. The van der Waals surface area contributed by atoms with Crippen molar-refractivity contribution < 1.29 is 17.6 Å². The third-order valence-electron chi connectivity index (χ3n) is 4.14. The zero-order valence-corrected chi connectivity index (χ0v) is 16.7. The molecule has 0 saturated heterocycles. The molecule has 1 amide bonds. The molecule has 0 bridgehead atoms. The van der Waals surface area contributed by atoms with Crippen molar-refractivity contribution in [2.24, 2.45) is 0 Å². The quantitative estimate of drug-likeness (QED) is 0.612. The zero-order valence-electron chi connectivity index (χ0n) is 15.1. The van der Waals surface area contributed by atoms with E-state index in [1.54, 1.807) is 25.1 Å². The smallest absolute Gasteiger partial charge is 0.251 e. The van der Waals surface area contributed by atoms with E-state index in [0.29, 0.717) is 0 Å². The molecule has 0 aliphatic carbocycles. The maximum absolute atomic E-state index is 13.0. The highest BCUT2D eigenvalue weighted by Crippen LogP contribution is 2.17. The van der Waals surface area contributed by atoms with E-state index in [-0.39, 0.29) is 28.9 Å². The molecule has 0 radical (unpaired) electrons. The second-order valence-corrected chi connectivity index (χ2v) is 8.98. The number of sulfonamides is 1. The summed E-state index contributed by atoms with van der Waals surface area (Å²) in [6.07, 6.45) is 0. The summed E-state index contributed by atoms with van der Waals surface area (Å²) < 4.78 is 40.6. The number of thiophene rings is 1. The van der Waals surface area contributed by atoms with Gasteiger partial charge in [-0.1, -0.05) is 24.3 Å². The predicted octanol–water partition coefficient (Wildman–Crippen LogP) is 3.86. The normalized spacial score (nSPS) is 12.5. The number of hydrogen-bond acceptors (Lipinski definition) is 4. The molecule has 0 spiro atoms. The number of nitrogens with one attached hydrogen (secondary N) is 2. The topological polar surface area (TPSA) is 75.3 Å². The average molecular weight is 419 g/mol. The van der Waals surface area contributed by atoms with E-state index in [2.05, 4.69) is 10.0 Å². The number of benzene rings is 2. The fraction of sp³-hybridized carbons (Fsp3) is 0.150. The molecule has 0 aliphatic rings. The van der Waals surface area contributed by atoms with E-state index in [9.17, 15) is 17.6 Å². The Kier molecular flexibility index (Phi) is 6.23. The van der Waals surface area contributed by atoms with Crippen molar-refractivity contribution in [3.8, 4) is 0 Å². The Labute approximate surface area is 167 Å². The van der Waals surface area contributed by atoms with Gasteiger partial charge in [0.25, 0.3) is 5.91 Å². The third-order valence-corrected chi connectivity index (χ3v) is 6.42. The highest BCUT2D eigenvalue weighted by molar-refractivity contribution is 7.89. The fourth-order valence-corrected chi connectivity index (χ4v) is 4.37. The molecule has 8 heteroatoms. The number of halogens is 1. The third kappa shape index (κ3) is 5.03. The first-order valence-corrected chi connectivity index (χ1v) is 10.9. The molecule has 1 heterocycles. The number of rotatable bonds is 7. The summed E-state index contributed by atoms with van der Waals surface area (Å²) in [6, 6.07) is 15.0. The van der Waals surface area contributed by atoms with Gasteiger partial charge < -0.3 is 5.32 Å². The Morgan fingerprint density at radius 3 is 2.54 bits per heavy atom. The van der Waals surface area contributed by atoms with E-state index in [1.165, 1.54) is 41.7 Å². The fourth-order valence-electron chi connectivity index (χ4n) is 2.58. The molecule has 146 valence electrons. The number of carbonyl (C=O) groups is 1. The molecule has 0 saturated carbocycles. The van der Waals surface area contributed by atoms with Gasteiger partial charge in [0.2, 0.25) is 10.0 Å². The Morgan fingerprint density at radius 2 is 1.86 bits per heavy atom. The van der Waals surface area contributed by atoms with Crippen molar-refractivity contribution in [2.45, 2.75) is 24.4 Å². The van der Waals surface area contributed by atoms with Crippen LogP contribution in [0.5, 0.6) is 0 Å². The molecule has 0 aliphatic heterocycles. The van der Waals surface area contributed by atoms with Crippen LogP contribution in [-0.4, -0.2) is 14.3 Å². The Bertz CT molecular complexity index is 1050. The minimum atomic E-state index is -3.74. The van der Waals surface area contributed by atoms with E-state index in [0.717, 1.165) is 10.4 Å². The Balaban J connectivity index is 1.71. The van der Waals surface area contributed by atoms with Crippen LogP contribution in [0.1, 0.15) is 33.8 Å². The summed E-state index contributed by atoms with van der Waals surface area (Å²) in [5, 5.41) is 4.66. The second-order valence-electron chi connectivity index (χ2n) is 6.18. The summed E-state index contributed by atoms with van der Waals surface area (Å²) in [7, 11) is -3.74. The lowest BCUT2D eigenvalue weighted by Crippen LogP contribution is -2.27. The minimum absolute atomic E-state index is 0.0196. The van der Waals surface area contributed by atoms with Crippen LogP contribution in [0, 0.1) is 5.82 Å². The van der Waals surface area contributed by atoms with Gasteiger partial charge in [0, 0.05) is 17.0 Å². The average Bonchev–Trinajstić information content (AvgIpc) is 3.21. The molecule has 2 N–H and O–H groups in total. The summed E-state index contributed by atoms with van der Waals surface area (Å²) in [5.41, 5.74) is 0.976. The molecule has 1 atom stereocenters. The maximum atomic E-state index is 13.0. The number of carbonyl (C=O) groups excluding carboxylic acids is 1. The zero-order chi connectivity index (χ0) is 20.1. The van der Waals surface area contributed by atoms with Crippen molar-refractivity contribution in [3.63, 3.8) is 0 Å². The van der Waals surface area contributed by atoms with Gasteiger partial charge in [-0.05, 0) is 54.3 Å². The molecule has 3 aromatic rings. The molecule has 5 nitrogen and oxygen atoms in total. The van der Waals surface area contributed by atoms with Crippen LogP contribution in [-0.2, 0) is 16.6 Å². The first-order chi connectivity index (χ1) is 13.3. The second kappa shape index (κ2) is 8.64. The van der Waals surface area contributed by atoms with Gasteiger partial charge in [0.1, 0.15) is 5.82 Å². The van der Waals surface area contributed by atoms with E-state index in [4.69, 9.17) is 0 Å². The highest BCUT2D eigenvalue weighted by Gasteiger charge is 2.17. The van der Waals surface area contributed by atoms with Gasteiger partial charge in [-0.2, -0.15) is 0 Å². The van der Waals surface area contributed by atoms with Crippen LogP contribution in [0.4, 0.5) is 4.39 Å². The first kappa shape index (κ1) is 20.2. The SMILES string of the molecule is C[C@H](NC(=O)c1cccc(S(=O)(=O)NCc2cccs2)c1)c1ccc(F)cc1. The van der Waals surface area contributed by atoms with Gasteiger partial charge in [-0.25, -0.2) is 17.5 Å². The van der Waals surface area contributed by atoms with Crippen molar-refractivity contribution in [1.29, 1.82) is 0 Å². The molecule has 1 aromatic heterocycles. The molecular weight excluding hydrogens is 399 g/mol. The standard InChI is InChI=1S/C20H19FN2O3S2/c1-14(15-7-9-17(21)10-8-15)23-20(24)16-4-2-6-19(12-16)28(25,26)22-13-18-5-3-11-27-18/h2-12,14,22H,13H2,1H3,(H,23,24)/t14-/m0/s1. The molecule has 28 heavy (non-hydrogen) atoms. The van der Waals surface area contributed by atoms with Crippen LogP contribution in [0.3, 0.4) is 0 Å². The maximum Gasteiger partial charge on any atom is 0.251 e. The van der Waals surface area contributed by atoms with Gasteiger partial charge in [0.05, 0.1) is 10.9 Å². The lowest BCUT2D eigenvalue weighted by molar-refractivity contribution is 0.0939. The van der Waals surface area contributed by atoms with Crippen molar-refractivity contribution >= 4 is 27.3 Å². The van der Waals surface area contributed by atoms with E-state index in [1.807, 2.05) is 17.5 Å².